The number of rotatable bonds is 6. The number of nitrogens with zero attached hydrogens (tertiary/aromatic N) is 3. The Balaban J connectivity index is 2.03. The molecule has 0 aliphatic heterocycles. The number of hydrogen-bond acceptors (Lipinski definition) is 5. The SMILES string of the molecule is CC(C)c1noc(CN(CC(=O)O)C2CCCC2)n1. The summed E-state index contributed by atoms with van der Waals surface area (Å²) in [6, 6.07) is 0.325. The van der Waals surface area contributed by atoms with Gasteiger partial charge in [-0.1, -0.05) is 31.8 Å². The fraction of sp³-hybridized carbons (Fsp3) is 0.769. The summed E-state index contributed by atoms with van der Waals surface area (Å²) in [5.41, 5.74) is 0. The summed E-state index contributed by atoms with van der Waals surface area (Å²) < 4.78 is 5.20. The van der Waals surface area contributed by atoms with Crippen LogP contribution in [0.1, 0.15) is 57.2 Å². The molecule has 0 spiro atoms. The van der Waals surface area contributed by atoms with Crippen LogP contribution in [0, 0.1) is 0 Å². The predicted octanol–water partition coefficient (Wildman–Crippen LogP) is 2.02. The standard InChI is InChI=1S/C13H21N3O3/c1-9(2)13-14-11(19-15-13)7-16(8-12(17)18)10-5-3-4-6-10/h9-10H,3-8H2,1-2H3,(H,17,18). The molecule has 1 aromatic rings. The Morgan fingerprint density at radius 3 is 2.68 bits per heavy atom. The fourth-order valence-electron chi connectivity index (χ4n) is 2.50. The first-order valence-electron chi connectivity index (χ1n) is 6.84. The van der Waals surface area contributed by atoms with Gasteiger partial charge in [0.1, 0.15) is 0 Å². The molecule has 19 heavy (non-hydrogen) atoms. The first-order valence-corrected chi connectivity index (χ1v) is 6.84. The molecular weight excluding hydrogens is 246 g/mol. The highest BCUT2D eigenvalue weighted by Gasteiger charge is 2.26. The van der Waals surface area contributed by atoms with Gasteiger partial charge >= 0.3 is 5.97 Å². The molecule has 0 aromatic carbocycles. The minimum absolute atomic E-state index is 0.0318. The van der Waals surface area contributed by atoms with Gasteiger partial charge < -0.3 is 9.63 Å². The lowest BCUT2D eigenvalue weighted by atomic mass is 10.2. The van der Waals surface area contributed by atoms with E-state index in [1.54, 1.807) is 0 Å². The van der Waals surface area contributed by atoms with E-state index in [9.17, 15) is 4.79 Å². The van der Waals surface area contributed by atoms with Crippen LogP contribution >= 0.6 is 0 Å². The molecule has 6 heteroatoms. The Labute approximate surface area is 112 Å². The zero-order valence-corrected chi connectivity index (χ0v) is 11.5. The van der Waals surface area contributed by atoms with Crippen LogP contribution in [0.4, 0.5) is 0 Å². The van der Waals surface area contributed by atoms with Gasteiger partial charge in [-0.05, 0) is 12.8 Å². The van der Waals surface area contributed by atoms with Crippen LogP contribution in [0.2, 0.25) is 0 Å². The van der Waals surface area contributed by atoms with Crippen molar-refractivity contribution in [3.8, 4) is 0 Å². The summed E-state index contributed by atoms with van der Waals surface area (Å²) in [5, 5.41) is 12.9. The van der Waals surface area contributed by atoms with E-state index in [1.807, 2.05) is 18.7 Å². The van der Waals surface area contributed by atoms with Gasteiger partial charge in [-0.15, -0.1) is 0 Å². The van der Waals surface area contributed by atoms with Crippen molar-refractivity contribution in [2.45, 2.75) is 58.0 Å². The van der Waals surface area contributed by atoms with Crippen LogP contribution in [0.25, 0.3) is 0 Å². The Kier molecular flexibility index (Phi) is 4.52. The average molecular weight is 267 g/mol. The van der Waals surface area contributed by atoms with E-state index in [2.05, 4.69) is 10.1 Å². The monoisotopic (exact) mass is 267 g/mol. The van der Waals surface area contributed by atoms with E-state index >= 15 is 0 Å². The van der Waals surface area contributed by atoms with Crippen molar-refractivity contribution in [2.24, 2.45) is 0 Å². The van der Waals surface area contributed by atoms with E-state index in [-0.39, 0.29) is 12.5 Å². The normalized spacial score (nSPS) is 16.6. The zero-order valence-electron chi connectivity index (χ0n) is 11.5. The topological polar surface area (TPSA) is 79.5 Å². The Morgan fingerprint density at radius 2 is 2.16 bits per heavy atom. The molecule has 0 bridgehead atoms. The number of hydrogen-bond donors (Lipinski definition) is 1. The smallest absolute Gasteiger partial charge is 0.317 e. The van der Waals surface area contributed by atoms with Gasteiger partial charge in [0.15, 0.2) is 5.82 Å². The molecule has 1 fully saturated rings. The maximum atomic E-state index is 11.0. The van der Waals surface area contributed by atoms with Gasteiger partial charge in [0.05, 0.1) is 13.1 Å². The summed E-state index contributed by atoms with van der Waals surface area (Å²) in [7, 11) is 0. The lowest BCUT2D eigenvalue weighted by molar-refractivity contribution is -0.139. The van der Waals surface area contributed by atoms with Gasteiger partial charge in [-0.25, -0.2) is 0 Å². The summed E-state index contributed by atoms with van der Waals surface area (Å²) in [6.07, 6.45) is 4.45. The van der Waals surface area contributed by atoms with Gasteiger partial charge in [0.2, 0.25) is 5.89 Å². The quantitative estimate of drug-likeness (QED) is 0.849. The van der Waals surface area contributed by atoms with Gasteiger partial charge in [-0.3, -0.25) is 9.69 Å². The number of carbonyl (C=O) groups is 1. The van der Waals surface area contributed by atoms with Crippen molar-refractivity contribution in [1.29, 1.82) is 0 Å². The van der Waals surface area contributed by atoms with Crippen LogP contribution in [0.5, 0.6) is 0 Å². The first-order chi connectivity index (χ1) is 9.06. The minimum Gasteiger partial charge on any atom is -0.480 e. The predicted molar refractivity (Wildman–Crippen MR) is 68.7 cm³/mol. The molecule has 6 nitrogen and oxygen atoms in total. The van der Waals surface area contributed by atoms with Crippen molar-refractivity contribution < 1.29 is 14.4 Å². The van der Waals surface area contributed by atoms with E-state index in [0.717, 1.165) is 12.8 Å². The summed E-state index contributed by atoms with van der Waals surface area (Å²) in [5.74, 6) is 0.598. The summed E-state index contributed by atoms with van der Waals surface area (Å²) in [4.78, 5) is 17.2. The van der Waals surface area contributed by atoms with Crippen molar-refractivity contribution in [3.63, 3.8) is 0 Å². The van der Waals surface area contributed by atoms with Crippen LogP contribution in [0.15, 0.2) is 4.52 Å². The lowest BCUT2D eigenvalue weighted by Crippen LogP contribution is -2.37. The maximum absolute atomic E-state index is 11.0. The highest BCUT2D eigenvalue weighted by atomic mass is 16.5. The molecule has 0 amide bonds. The van der Waals surface area contributed by atoms with E-state index in [1.165, 1.54) is 12.8 Å². The molecule has 2 rings (SSSR count). The third-order valence-corrected chi connectivity index (χ3v) is 3.52. The molecule has 1 saturated carbocycles. The molecule has 1 aliphatic rings. The highest BCUT2D eigenvalue weighted by Crippen LogP contribution is 2.24. The van der Waals surface area contributed by atoms with E-state index < -0.39 is 5.97 Å². The average Bonchev–Trinajstić information content (AvgIpc) is 2.98. The maximum Gasteiger partial charge on any atom is 0.317 e. The highest BCUT2D eigenvalue weighted by molar-refractivity contribution is 5.69. The van der Waals surface area contributed by atoms with E-state index in [0.29, 0.717) is 24.3 Å². The lowest BCUT2D eigenvalue weighted by Gasteiger charge is -2.25. The first kappa shape index (κ1) is 14.0. The summed E-state index contributed by atoms with van der Waals surface area (Å²) in [6.45, 7) is 4.46. The van der Waals surface area contributed by atoms with Crippen LogP contribution in [-0.2, 0) is 11.3 Å². The molecule has 0 atom stereocenters. The molecule has 1 heterocycles. The number of aliphatic carboxylic acids is 1. The van der Waals surface area contributed by atoms with Crippen LogP contribution in [0.3, 0.4) is 0 Å². The second kappa shape index (κ2) is 6.14. The molecule has 0 unspecified atom stereocenters. The third kappa shape index (κ3) is 3.76. The Hall–Kier alpha value is -1.43. The van der Waals surface area contributed by atoms with Crippen LogP contribution < -0.4 is 0 Å². The van der Waals surface area contributed by atoms with Gasteiger partial charge in [-0.2, -0.15) is 4.98 Å². The van der Waals surface area contributed by atoms with Crippen LogP contribution in [-0.4, -0.2) is 38.7 Å². The number of carboxylic acid groups (broad SMARTS) is 1. The molecule has 1 aliphatic carbocycles. The molecule has 0 radical (unpaired) electrons. The van der Waals surface area contributed by atoms with Gasteiger partial charge in [0, 0.05) is 12.0 Å². The molecule has 1 N–H and O–H groups in total. The second-order valence-electron chi connectivity index (χ2n) is 5.44. The fourth-order valence-corrected chi connectivity index (χ4v) is 2.50. The van der Waals surface area contributed by atoms with Crippen molar-refractivity contribution in [3.05, 3.63) is 11.7 Å². The molecule has 0 saturated heterocycles. The van der Waals surface area contributed by atoms with Crippen molar-refractivity contribution in [2.75, 3.05) is 6.54 Å². The van der Waals surface area contributed by atoms with Crippen molar-refractivity contribution in [1.82, 2.24) is 15.0 Å². The Bertz CT molecular complexity index is 425. The van der Waals surface area contributed by atoms with Gasteiger partial charge in [0.25, 0.3) is 0 Å². The van der Waals surface area contributed by atoms with Crippen molar-refractivity contribution >= 4 is 5.97 Å². The molecule has 1 aromatic heterocycles. The molecule has 106 valence electrons. The summed E-state index contributed by atoms with van der Waals surface area (Å²) >= 11 is 0. The number of aromatic nitrogens is 2. The molecular formula is C13H21N3O3. The second-order valence-corrected chi connectivity index (χ2v) is 5.44. The minimum atomic E-state index is -0.810. The number of carboxylic acids is 1. The largest absolute Gasteiger partial charge is 0.480 e. The third-order valence-electron chi connectivity index (χ3n) is 3.52. The zero-order chi connectivity index (χ0) is 13.8. The van der Waals surface area contributed by atoms with E-state index in [4.69, 9.17) is 9.63 Å². The Morgan fingerprint density at radius 1 is 1.47 bits per heavy atom.